The number of hydrogen-bond acceptors (Lipinski definition) is 4. The lowest BCUT2D eigenvalue weighted by Gasteiger charge is -2.08. The molecule has 0 unspecified atom stereocenters. The topological polar surface area (TPSA) is 68.3 Å². The number of benzene rings is 1. The highest BCUT2D eigenvalue weighted by Crippen LogP contribution is 2.17. The Morgan fingerprint density at radius 2 is 1.91 bits per heavy atom. The number of aromatic nitrogens is 1. The first-order chi connectivity index (χ1) is 10.5. The Bertz CT molecular complexity index is 705. The molecule has 22 heavy (non-hydrogen) atoms. The molecule has 2 aromatic rings. The summed E-state index contributed by atoms with van der Waals surface area (Å²) in [6.45, 7) is -0.721. The molecule has 0 saturated heterocycles. The quantitative estimate of drug-likeness (QED) is 0.877. The number of halogens is 3. The van der Waals surface area contributed by atoms with Crippen molar-refractivity contribution in [2.24, 2.45) is 0 Å². The Labute approximate surface area is 128 Å². The molecule has 5 nitrogen and oxygen atoms in total. The summed E-state index contributed by atoms with van der Waals surface area (Å²) in [6.07, 6.45) is 1.30. The number of rotatable bonds is 4. The predicted octanol–water partition coefficient (Wildman–Crippen LogP) is 2.81. The first-order valence-electron chi connectivity index (χ1n) is 6.00. The van der Waals surface area contributed by atoms with Crippen molar-refractivity contribution in [3.63, 3.8) is 0 Å². The second-order valence-electron chi connectivity index (χ2n) is 4.08. The molecule has 2 rings (SSSR count). The molecule has 1 N–H and O–H groups in total. The summed E-state index contributed by atoms with van der Waals surface area (Å²) in [5, 5.41) is 2.26. The van der Waals surface area contributed by atoms with Gasteiger partial charge in [0.2, 0.25) is 0 Å². The molecular formula is C14H9ClF2N2O3. The lowest BCUT2D eigenvalue weighted by Crippen LogP contribution is -2.22. The smallest absolute Gasteiger partial charge is 0.357 e. The van der Waals surface area contributed by atoms with Crippen LogP contribution >= 0.6 is 11.6 Å². The fourth-order valence-corrected chi connectivity index (χ4v) is 1.67. The van der Waals surface area contributed by atoms with Gasteiger partial charge in [-0.3, -0.25) is 4.79 Å². The third-order valence-corrected chi connectivity index (χ3v) is 2.73. The molecule has 0 aliphatic heterocycles. The van der Waals surface area contributed by atoms with Gasteiger partial charge < -0.3 is 10.1 Å². The number of carbonyl (C=O) groups excluding carboxylic acids is 2. The number of hydrogen-bond donors (Lipinski definition) is 1. The van der Waals surface area contributed by atoms with E-state index >= 15 is 0 Å². The first kappa shape index (κ1) is 15.8. The maximum absolute atomic E-state index is 13.3. The molecule has 0 atom stereocenters. The highest BCUT2D eigenvalue weighted by atomic mass is 35.5. The van der Waals surface area contributed by atoms with Gasteiger partial charge in [0.15, 0.2) is 6.61 Å². The average molecular weight is 327 g/mol. The van der Waals surface area contributed by atoms with E-state index in [1.54, 1.807) is 0 Å². The Balaban J connectivity index is 1.94. The minimum absolute atomic E-state index is 0.0858. The third-order valence-electron chi connectivity index (χ3n) is 2.49. The van der Waals surface area contributed by atoms with Gasteiger partial charge in [-0.15, -0.1) is 0 Å². The number of para-hydroxylation sites is 1. The summed E-state index contributed by atoms with van der Waals surface area (Å²) in [4.78, 5) is 26.9. The summed E-state index contributed by atoms with van der Waals surface area (Å²) in [6, 6.07) is 5.86. The van der Waals surface area contributed by atoms with Gasteiger partial charge in [0, 0.05) is 11.2 Å². The van der Waals surface area contributed by atoms with Gasteiger partial charge in [0.05, 0.1) is 0 Å². The molecule has 0 radical (unpaired) electrons. The zero-order chi connectivity index (χ0) is 16.1. The molecular weight excluding hydrogens is 318 g/mol. The van der Waals surface area contributed by atoms with Crippen molar-refractivity contribution in [3.05, 3.63) is 58.9 Å². The summed E-state index contributed by atoms with van der Waals surface area (Å²) >= 11 is 5.68. The van der Waals surface area contributed by atoms with E-state index in [2.05, 4.69) is 9.72 Å². The van der Waals surface area contributed by atoms with Crippen LogP contribution in [0.15, 0.2) is 36.5 Å². The molecule has 1 aromatic carbocycles. The maximum atomic E-state index is 13.3. The van der Waals surface area contributed by atoms with E-state index in [-0.39, 0.29) is 10.7 Å². The van der Waals surface area contributed by atoms with E-state index in [9.17, 15) is 18.4 Å². The van der Waals surface area contributed by atoms with Crippen LogP contribution in [0.4, 0.5) is 14.5 Å². The minimum Gasteiger partial charge on any atom is -0.451 e. The molecule has 0 aliphatic carbocycles. The zero-order valence-electron chi connectivity index (χ0n) is 11.0. The first-order valence-corrected chi connectivity index (χ1v) is 6.37. The van der Waals surface area contributed by atoms with Crippen molar-refractivity contribution < 1.29 is 23.1 Å². The molecule has 0 saturated carbocycles. The number of anilines is 1. The largest absolute Gasteiger partial charge is 0.451 e. The van der Waals surface area contributed by atoms with E-state index in [4.69, 9.17) is 11.6 Å². The fourth-order valence-electron chi connectivity index (χ4n) is 1.51. The van der Waals surface area contributed by atoms with E-state index < -0.39 is 35.8 Å². The van der Waals surface area contributed by atoms with Gasteiger partial charge >= 0.3 is 5.97 Å². The van der Waals surface area contributed by atoms with Gasteiger partial charge in [0.1, 0.15) is 23.0 Å². The van der Waals surface area contributed by atoms with Crippen LogP contribution in [0.25, 0.3) is 0 Å². The van der Waals surface area contributed by atoms with E-state index in [0.29, 0.717) is 0 Å². The molecule has 1 heterocycles. The van der Waals surface area contributed by atoms with Crippen LogP contribution in [0.2, 0.25) is 5.02 Å². The van der Waals surface area contributed by atoms with Crippen molar-refractivity contribution in [3.8, 4) is 0 Å². The number of esters is 1. The van der Waals surface area contributed by atoms with Crippen molar-refractivity contribution >= 4 is 29.2 Å². The molecule has 1 amide bonds. The highest BCUT2D eigenvalue weighted by Gasteiger charge is 2.15. The third kappa shape index (κ3) is 3.98. The van der Waals surface area contributed by atoms with Crippen LogP contribution in [0.5, 0.6) is 0 Å². The number of pyridine rings is 1. The Kier molecular flexibility index (Phi) is 5.00. The Morgan fingerprint density at radius 1 is 1.23 bits per heavy atom. The zero-order valence-corrected chi connectivity index (χ0v) is 11.7. The average Bonchev–Trinajstić information content (AvgIpc) is 2.48. The monoisotopic (exact) mass is 326 g/mol. The van der Waals surface area contributed by atoms with Gasteiger partial charge in [-0.25, -0.2) is 18.6 Å². The molecule has 8 heteroatoms. The standard InChI is InChI=1S/C14H9ClF2N2O3/c15-8-4-5-18-11(6-8)14(21)22-7-12(20)19-13-9(16)2-1-3-10(13)17/h1-6H,7H2,(H,19,20). The van der Waals surface area contributed by atoms with Crippen LogP contribution < -0.4 is 5.32 Å². The van der Waals surface area contributed by atoms with E-state index in [1.165, 1.54) is 18.3 Å². The Hall–Kier alpha value is -2.54. The number of nitrogens with one attached hydrogen (secondary N) is 1. The summed E-state index contributed by atoms with van der Waals surface area (Å²) < 4.78 is 31.3. The van der Waals surface area contributed by atoms with Gasteiger partial charge in [-0.05, 0) is 24.3 Å². The Morgan fingerprint density at radius 3 is 2.55 bits per heavy atom. The fraction of sp³-hybridized carbons (Fsp3) is 0.0714. The second-order valence-corrected chi connectivity index (χ2v) is 4.52. The van der Waals surface area contributed by atoms with Crippen LogP contribution in [0.3, 0.4) is 0 Å². The van der Waals surface area contributed by atoms with E-state index in [1.807, 2.05) is 5.32 Å². The number of amides is 1. The summed E-state index contributed by atoms with van der Waals surface area (Å²) in [5.41, 5.74) is -0.693. The summed E-state index contributed by atoms with van der Waals surface area (Å²) in [7, 11) is 0. The SMILES string of the molecule is O=C(COC(=O)c1cc(Cl)ccn1)Nc1c(F)cccc1F. The second kappa shape index (κ2) is 6.95. The number of carbonyl (C=O) groups is 2. The number of ether oxygens (including phenoxy) is 1. The van der Waals surface area contributed by atoms with Crippen LogP contribution in [0.1, 0.15) is 10.5 Å². The van der Waals surface area contributed by atoms with Gasteiger partial charge in [0.25, 0.3) is 5.91 Å². The normalized spacial score (nSPS) is 10.1. The molecule has 0 spiro atoms. The predicted molar refractivity (Wildman–Crippen MR) is 74.5 cm³/mol. The van der Waals surface area contributed by atoms with E-state index in [0.717, 1.165) is 18.2 Å². The van der Waals surface area contributed by atoms with Crippen molar-refractivity contribution in [2.45, 2.75) is 0 Å². The molecule has 0 aliphatic rings. The minimum atomic E-state index is -0.934. The van der Waals surface area contributed by atoms with Crippen molar-refractivity contribution in [2.75, 3.05) is 11.9 Å². The lowest BCUT2D eigenvalue weighted by atomic mass is 10.3. The molecule has 0 bridgehead atoms. The van der Waals surface area contributed by atoms with Gasteiger partial charge in [-0.2, -0.15) is 0 Å². The maximum Gasteiger partial charge on any atom is 0.357 e. The lowest BCUT2D eigenvalue weighted by molar-refractivity contribution is -0.119. The highest BCUT2D eigenvalue weighted by molar-refractivity contribution is 6.30. The summed E-state index contributed by atoms with van der Waals surface area (Å²) in [5.74, 6) is -3.64. The van der Waals surface area contributed by atoms with Crippen LogP contribution in [-0.4, -0.2) is 23.5 Å². The van der Waals surface area contributed by atoms with Gasteiger partial charge in [-0.1, -0.05) is 17.7 Å². The van der Waals surface area contributed by atoms with Crippen LogP contribution in [0, 0.1) is 11.6 Å². The molecule has 0 fully saturated rings. The van der Waals surface area contributed by atoms with Crippen LogP contribution in [-0.2, 0) is 9.53 Å². The number of nitrogens with zero attached hydrogens (tertiary/aromatic N) is 1. The van der Waals surface area contributed by atoms with Crippen molar-refractivity contribution in [1.82, 2.24) is 4.98 Å². The molecule has 114 valence electrons. The molecule has 1 aromatic heterocycles. The van der Waals surface area contributed by atoms with Crippen molar-refractivity contribution in [1.29, 1.82) is 0 Å².